The standard InChI is InChI=1S/C14H16ClFN2/c1-2-17-8-11-6-7-18(9-11)10-12-4-3-5-13(15)14(12)16/h3-7,9,17H,2,8,10H2,1H3. The Labute approximate surface area is 111 Å². The number of halogens is 2. The predicted molar refractivity (Wildman–Crippen MR) is 72.3 cm³/mol. The molecule has 2 rings (SSSR count). The van der Waals surface area contributed by atoms with Crippen molar-refractivity contribution in [1.29, 1.82) is 0 Å². The topological polar surface area (TPSA) is 17.0 Å². The molecule has 0 saturated carbocycles. The van der Waals surface area contributed by atoms with Gasteiger partial charge in [0.15, 0.2) is 0 Å². The molecule has 1 aromatic carbocycles. The van der Waals surface area contributed by atoms with Crippen LogP contribution in [-0.2, 0) is 13.1 Å². The lowest BCUT2D eigenvalue weighted by Crippen LogP contribution is -2.11. The van der Waals surface area contributed by atoms with Gasteiger partial charge in [-0.15, -0.1) is 0 Å². The number of aromatic nitrogens is 1. The van der Waals surface area contributed by atoms with Crippen LogP contribution in [0.25, 0.3) is 0 Å². The van der Waals surface area contributed by atoms with Crippen LogP contribution in [0, 0.1) is 5.82 Å². The van der Waals surface area contributed by atoms with Crippen molar-refractivity contribution in [1.82, 2.24) is 9.88 Å². The highest BCUT2D eigenvalue weighted by atomic mass is 35.5. The maximum absolute atomic E-state index is 13.7. The lowest BCUT2D eigenvalue weighted by Gasteiger charge is -2.06. The molecule has 18 heavy (non-hydrogen) atoms. The summed E-state index contributed by atoms with van der Waals surface area (Å²) in [6, 6.07) is 7.12. The van der Waals surface area contributed by atoms with Crippen LogP contribution in [0.2, 0.25) is 5.02 Å². The maximum atomic E-state index is 13.7. The van der Waals surface area contributed by atoms with Crippen molar-refractivity contribution in [3.05, 3.63) is 58.6 Å². The zero-order chi connectivity index (χ0) is 13.0. The lowest BCUT2D eigenvalue weighted by atomic mass is 10.2. The largest absolute Gasteiger partial charge is 0.349 e. The fraction of sp³-hybridized carbons (Fsp3) is 0.286. The second kappa shape index (κ2) is 6.03. The number of nitrogens with zero attached hydrogens (tertiary/aromatic N) is 1. The van der Waals surface area contributed by atoms with Crippen LogP contribution in [0.5, 0.6) is 0 Å². The highest BCUT2D eigenvalue weighted by Crippen LogP contribution is 2.19. The number of rotatable bonds is 5. The van der Waals surface area contributed by atoms with Gasteiger partial charge in [-0.25, -0.2) is 4.39 Å². The van der Waals surface area contributed by atoms with E-state index in [0.717, 1.165) is 13.1 Å². The summed E-state index contributed by atoms with van der Waals surface area (Å²) < 4.78 is 15.7. The van der Waals surface area contributed by atoms with Crippen molar-refractivity contribution in [3.8, 4) is 0 Å². The molecule has 0 aliphatic heterocycles. The van der Waals surface area contributed by atoms with E-state index in [1.807, 2.05) is 23.0 Å². The number of hydrogen-bond donors (Lipinski definition) is 1. The minimum atomic E-state index is -0.332. The molecule has 1 N–H and O–H groups in total. The molecule has 0 bridgehead atoms. The van der Waals surface area contributed by atoms with Crippen molar-refractivity contribution in [3.63, 3.8) is 0 Å². The molecular weight excluding hydrogens is 251 g/mol. The van der Waals surface area contributed by atoms with Gasteiger partial charge in [-0.2, -0.15) is 0 Å². The van der Waals surface area contributed by atoms with Crippen LogP contribution in [0.3, 0.4) is 0 Å². The van der Waals surface area contributed by atoms with Gasteiger partial charge < -0.3 is 9.88 Å². The van der Waals surface area contributed by atoms with Gasteiger partial charge >= 0.3 is 0 Å². The first kappa shape index (κ1) is 13.1. The van der Waals surface area contributed by atoms with E-state index < -0.39 is 0 Å². The van der Waals surface area contributed by atoms with E-state index >= 15 is 0 Å². The van der Waals surface area contributed by atoms with E-state index in [1.165, 1.54) is 5.56 Å². The van der Waals surface area contributed by atoms with Crippen LogP contribution >= 0.6 is 11.6 Å². The van der Waals surface area contributed by atoms with Gasteiger partial charge in [0.25, 0.3) is 0 Å². The van der Waals surface area contributed by atoms with Crippen molar-refractivity contribution in [2.75, 3.05) is 6.54 Å². The third-order valence-corrected chi connectivity index (χ3v) is 3.07. The SMILES string of the molecule is CCNCc1ccn(Cc2cccc(Cl)c2F)c1. The summed E-state index contributed by atoms with van der Waals surface area (Å²) in [5.74, 6) is -0.332. The molecule has 0 amide bonds. The Hall–Kier alpha value is -1.32. The smallest absolute Gasteiger partial charge is 0.146 e. The van der Waals surface area contributed by atoms with Gasteiger partial charge in [0.2, 0.25) is 0 Å². The second-order valence-electron chi connectivity index (χ2n) is 4.19. The summed E-state index contributed by atoms with van der Waals surface area (Å²) in [5.41, 5.74) is 1.80. The Morgan fingerprint density at radius 3 is 2.94 bits per heavy atom. The highest BCUT2D eigenvalue weighted by molar-refractivity contribution is 6.30. The Morgan fingerprint density at radius 2 is 2.17 bits per heavy atom. The number of hydrogen-bond acceptors (Lipinski definition) is 1. The number of benzene rings is 1. The van der Waals surface area contributed by atoms with Crippen LogP contribution < -0.4 is 5.32 Å². The summed E-state index contributed by atoms with van der Waals surface area (Å²) in [5, 5.41) is 3.43. The molecule has 0 fully saturated rings. The Morgan fingerprint density at radius 1 is 1.33 bits per heavy atom. The summed E-state index contributed by atoms with van der Waals surface area (Å²) in [6.45, 7) is 4.34. The maximum Gasteiger partial charge on any atom is 0.146 e. The molecule has 1 aromatic heterocycles. The molecule has 0 unspecified atom stereocenters. The minimum Gasteiger partial charge on any atom is -0.349 e. The van der Waals surface area contributed by atoms with Gasteiger partial charge in [0.1, 0.15) is 5.82 Å². The molecule has 96 valence electrons. The van der Waals surface area contributed by atoms with Gasteiger partial charge in [-0.05, 0) is 24.2 Å². The molecule has 0 atom stereocenters. The zero-order valence-electron chi connectivity index (χ0n) is 10.3. The molecule has 0 saturated heterocycles. The molecule has 0 spiro atoms. The summed E-state index contributed by atoms with van der Waals surface area (Å²) >= 11 is 5.76. The average Bonchev–Trinajstić information content (AvgIpc) is 2.80. The number of nitrogens with one attached hydrogen (secondary N) is 1. The average molecular weight is 267 g/mol. The van der Waals surface area contributed by atoms with Crippen LogP contribution in [0.15, 0.2) is 36.7 Å². The molecule has 2 nitrogen and oxygen atoms in total. The predicted octanol–water partition coefficient (Wildman–Crippen LogP) is 3.44. The Balaban J connectivity index is 2.09. The highest BCUT2D eigenvalue weighted by Gasteiger charge is 2.06. The van der Waals surface area contributed by atoms with Gasteiger partial charge in [-0.3, -0.25) is 0 Å². The third kappa shape index (κ3) is 3.12. The van der Waals surface area contributed by atoms with E-state index in [-0.39, 0.29) is 10.8 Å². The van der Waals surface area contributed by atoms with Crippen LogP contribution in [0.1, 0.15) is 18.1 Å². The molecular formula is C14H16ClFN2. The summed E-state index contributed by atoms with van der Waals surface area (Å²) in [7, 11) is 0. The van der Waals surface area contributed by atoms with Crippen LogP contribution in [-0.4, -0.2) is 11.1 Å². The van der Waals surface area contributed by atoms with E-state index in [0.29, 0.717) is 12.1 Å². The summed E-state index contributed by atoms with van der Waals surface area (Å²) in [6.07, 6.45) is 3.97. The van der Waals surface area contributed by atoms with Crippen molar-refractivity contribution >= 4 is 11.6 Å². The lowest BCUT2D eigenvalue weighted by molar-refractivity contribution is 0.600. The molecule has 0 aliphatic carbocycles. The second-order valence-corrected chi connectivity index (χ2v) is 4.59. The van der Waals surface area contributed by atoms with Gasteiger partial charge in [-0.1, -0.05) is 30.7 Å². The first-order chi connectivity index (χ1) is 8.70. The first-order valence-electron chi connectivity index (χ1n) is 5.99. The minimum absolute atomic E-state index is 0.174. The van der Waals surface area contributed by atoms with E-state index in [4.69, 9.17) is 11.6 Å². The quantitative estimate of drug-likeness (QED) is 0.877. The van der Waals surface area contributed by atoms with Gasteiger partial charge in [0.05, 0.1) is 5.02 Å². The molecule has 4 heteroatoms. The fourth-order valence-corrected chi connectivity index (χ4v) is 2.02. The van der Waals surface area contributed by atoms with Crippen molar-refractivity contribution in [2.45, 2.75) is 20.0 Å². The van der Waals surface area contributed by atoms with E-state index in [9.17, 15) is 4.39 Å². The molecule has 2 aromatic rings. The normalized spacial score (nSPS) is 10.8. The summed E-state index contributed by atoms with van der Waals surface area (Å²) in [4.78, 5) is 0. The monoisotopic (exact) mass is 266 g/mol. The molecule has 0 aliphatic rings. The van der Waals surface area contributed by atoms with Gasteiger partial charge in [0, 0.05) is 31.0 Å². The zero-order valence-corrected chi connectivity index (χ0v) is 11.0. The first-order valence-corrected chi connectivity index (χ1v) is 6.36. The third-order valence-electron chi connectivity index (χ3n) is 2.78. The molecule has 1 heterocycles. The van der Waals surface area contributed by atoms with Crippen molar-refractivity contribution < 1.29 is 4.39 Å². The fourth-order valence-electron chi connectivity index (χ4n) is 1.83. The van der Waals surface area contributed by atoms with E-state index in [1.54, 1.807) is 18.2 Å². The van der Waals surface area contributed by atoms with Crippen LogP contribution in [0.4, 0.5) is 4.39 Å². The molecule has 0 radical (unpaired) electrons. The Bertz CT molecular complexity index is 522. The van der Waals surface area contributed by atoms with E-state index in [2.05, 4.69) is 12.2 Å². The van der Waals surface area contributed by atoms with Crippen molar-refractivity contribution in [2.24, 2.45) is 0 Å². The Kier molecular flexibility index (Phi) is 4.39.